The Morgan fingerprint density at radius 1 is 1.58 bits per heavy atom. The third-order valence-electron chi connectivity index (χ3n) is 3.60. The Bertz CT molecular complexity index is 473. The Morgan fingerprint density at radius 2 is 2.32 bits per heavy atom. The van der Waals surface area contributed by atoms with Gasteiger partial charge in [-0.2, -0.15) is 0 Å². The molecule has 104 valence electrons. The Morgan fingerprint density at radius 3 is 3.00 bits per heavy atom. The largest absolute Gasteiger partial charge is 0.393 e. The number of hydrogen-bond acceptors (Lipinski definition) is 2. The van der Waals surface area contributed by atoms with Crippen LogP contribution in [0.15, 0.2) is 22.7 Å². The summed E-state index contributed by atoms with van der Waals surface area (Å²) in [6.45, 7) is 4.56. The molecule has 2 atom stereocenters. The SMILES string of the molecule is Cc1ccc(Br)c(C(=O)N2CCCC2CC(C)O)c1. The van der Waals surface area contributed by atoms with Crippen molar-refractivity contribution < 1.29 is 9.90 Å². The maximum Gasteiger partial charge on any atom is 0.255 e. The van der Waals surface area contributed by atoms with Gasteiger partial charge in [-0.1, -0.05) is 11.6 Å². The van der Waals surface area contributed by atoms with Crippen molar-refractivity contribution in [1.82, 2.24) is 4.90 Å². The Hall–Kier alpha value is -0.870. The molecule has 2 unspecified atom stereocenters. The van der Waals surface area contributed by atoms with Gasteiger partial charge < -0.3 is 10.0 Å². The predicted molar refractivity (Wildman–Crippen MR) is 79.2 cm³/mol. The van der Waals surface area contributed by atoms with E-state index in [0.29, 0.717) is 6.42 Å². The molecule has 1 aromatic rings. The van der Waals surface area contributed by atoms with Crippen LogP contribution < -0.4 is 0 Å². The zero-order chi connectivity index (χ0) is 14.0. The fourth-order valence-electron chi connectivity index (χ4n) is 2.70. The van der Waals surface area contributed by atoms with E-state index in [1.807, 2.05) is 30.0 Å². The molecule has 0 radical (unpaired) electrons. The maximum absolute atomic E-state index is 12.6. The molecule has 1 aliphatic rings. The highest BCUT2D eigenvalue weighted by molar-refractivity contribution is 9.10. The number of amides is 1. The van der Waals surface area contributed by atoms with Crippen molar-refractivity contribution in [2.75, 3.05) is 6.54 Å². The highest BCUT2D eigenvalue weighted by atomic mass is 79.9. The lowest BCUT2D eigenvalue weighted by Crippen LogP contribution is -2.37. The number of likely N-dealkylation sites (tertiary alicyclic amines) is 1. The number of carbonyl (C=O) groups is 1. The standard InChI is InChI=1S/C15H20BrNO2/c1-10-5-6-14(16)13(8-10)15(19)17-7-3-4-12(17)9-11(2)18/h5-6,8,11-12,18H,3-4,7,9H2,1-2H3. The van der Waals surface area contributed by atoms with Gasteiger partial charge in [0.2, 0.25) is 0 Å². The molecule has 3 nitrogen and oxygen atoms in total. The molecule has 0 aliphatic carbocycles. The molecule has 1 aromatic carbocycles. The lowest BCUT2D eigenvalue weighted by molar-refractivity contribution is 0.0681. The smallest absolute Gasteiger partial charge is 0.255 e. The van der Waals surface area contributed by atoms with Crippen LogP contribution in [0.2, 0.25) is 0 Å². The van der Waals surface area contributed by atoms with Gasteiger partial charge in [-0.3, -0.25) is 4.79 Å². The number of aryl methyl sites for hydroxylation is 1. The zero-order valence-corrected chi connectivity index (χ0v) is 13.0. The van der Waals surface area contributed by atoms with Gasteiger partial charge in [0.1, 0.15) is 0 Å². The van der Waals surface area contributed by atoms with E-state index in [4.69, 9.17) is 0 Å². The summed E-state index contributed by atoms with van der Waals surface area (Å²) in [5.41, 5.74) is 1.80. The monoisotopic (exact) mass is 325 g/mol. The Labute approximate surface area is 122 Å². The summed E-state index contributed by atoms with van der Waals surface area (Å²) in [7, 11) is 0. The summed E-state index contributed by atoms with van der Waals surface area (Å²) in [5.74, 6) is 0.0683. The summed E-state index contributed by atoms with van der Waals surface area (Å²) < 4.78 is 0.839. The van der Waals surface area contributed by atoms with Crippen LogP contribution in [0.5, 0.6) is 0 Å². The molecule has 0 saturated carbocycles. The number of nitrogens with zero attached hydrogens (tertiary/aromatic N) is 1. The van der Waals surface area contributed by atoms with E-state index in [2.05, 4.69) is 15.9 Å². The molecule has 1 fully saturated rings. The number of halogens is 1. The van der Waals surface area contributed by atoms with Crippen molar-refractivity contribution in [3.63, 3.8) is 0 Å². The summed E-state index contributed by atoms with van der Waals surface area (Å²) in [4.78, 5) is 14.5. The lowest BCUT2D eigenvalue weighted by Gasteiger charge is -2.26. The first-order valence-electron chi connectivity index (χ1n) is 6.74. The van der Waals surface area contributed by atoms with Crippen molar-refractivity contribution in [3.05, 3.63) is 33.8 Å². The summed E-state index contributed by atoms with van der Waals surface area (Å²) in [6, 6.07) is 5.99. The highest BCUT2D eigenvalue weighted by Crippen LogP contribution is 2.27. The first-order valence-corrected chi connectivity index (χ1v) is 7.53. The van der Waals surface area contributed by atoms with E-state index in [1.165, 1.54) is 0 Å². The molecule has 1 aliphatic heterocycles. The van der Waals surface area contributed by atoms with Crippen LogP contribution in [-0.4, -0.2) is 34.6 Å². The quantitative estimate of drug-likeness (QED) is 0.927. The van der Waals surface area contributed by atoms with Gasteiger partial charge in [0, 0.05) is 17.1 Å². The molecule has 19 heavy (non-hydrogen) atoms. The molecule has 4 heteroatoms. The van der Waals surface area contributed by atoms with Crippen LogP contribution in [0.3, 0.4) is 0 Å². The minimum Gasteiger partial charge on any atom is -0.393 e. The van der Waals surface area contributed by atoms with Gasteiger partial charge in [-0.05, 0) is 61.2 Å². The summed E-state index contributed by atoms with van der Waals surface area (Å²) >= 11 is 3.45. The van der Waals surface area contributed by atoms with Crippen LogP contribution in [0.1, 0.15) is 42.1 Å². The molecule has 1 heterocycles. The topological polar surface area (TPSA) is 40.5 Å². The molecule has 1 N–H and O–H groups in total. The first kappa shape index (κ1) is 14.5. The average molecular weight is 326 g/mol. The fraction of sp³-hybridized carbons (Fsp3) is 0.533. The van der Waals surface area contributed by atoms with Crippen LogP contribution in [0.4, 0.5) is 0 Å². The molecule has 2 rings (SSSR count). The number of aliphatic hydroxyl groups is 1. The predicted octanol–water partition coefficient (Wildman–Crippen LogP) is 3.13. The molecule has 1 amide bonds. The van der Waals surface area contributed by atoms with Crippen molar-refractivity contribution >= 4 is 21.8 Å². The van der Waals surface area contributed by atoms with Crippen molar-refractivity contribution in [1.29, 1.82) is 0 Å². The number of aliphatic hydroxyl groups excluding tert-OH is 1. The van der Waals surface area contributed by atoms with Crippen LogP contribution >= 0.6 is 15.9 Å². The van der Waals surface area contributed by atoms with Crippen LogP contribution in [0, 0.1) is 6.92 Å². The third-order valence-corrected chi connectivity index (χ3v) is 4.29. The molecule has 0 bridgehead atoms. The molecular formula is C15H20BrNO2. The van der Waals surface area contributed by atoms with E-state index in [9.17, 15) is 9.90 Å². The van der Waals surface area contributed by atoms with Crippen molar-refractivity contribution in [2.24, 2.45) is 0 Å². The second kappa shape index (κ2) is 6.06. The lowest BCUT2D eigenvalue weighted by atomic mass is 10.1. The van der Waals surface area contributed by atoms with Gasteiger partial charge in [0.05, 0.1) is 11.7 Å². The summed E-state index contributed by atoms with van der Waals surface area (Å²) in [6.07, 6.45) is 2.31. The van der Waals surface area contributed by atoms with Crippen LogP contribution in [0.25, 0.3) is 0 Å². The minimum atomic E-state index is -0.362. The van der Waals surface area contributed by atoms with Crippen molar-refractivity contribution in [2.45, 2.75) is 45.3 Å². The molecule has 1 saturated heterocycles. The van der Waals surface area contributed by atoms with Crippen LogP contribution in [-0.2, 0) is 0 Å². The third kappa shape index (κ3) is 3.37. The van der Waals surface area contributed by atoms with Gasteiger partial charge >= 0.3 is 0 Å². The molecule has 0 aromatic heterocycles. The minimum absolute atomic E-state index is 0.0683. The Balaban J connectivity index is 2.20. The van der Waals surface area contributed by atoms with Gasteiger partial charge in [0.25, 0.3) is 5.91 Å². The van der Waals surface area contributed by atoms with E-state index in [-0.39, 0.29) is 18.1 Å². The summed E-state index contributed by atoms with van der Waals surface area (Å²) in [5, 5.41) is 9.53. The van der Waals surface area contributed by atoms with E-state index in [1.54, 1.807) is 6.92 Å². The number of benzene rings is 1. The second-order valence-corrected chi connectivity index (χ2v) is 6.22. The van der Waals surface area contributed by atoms with Gasteiger partial charge in [-0.25, -0.2) is 0 Å². The number of rotatable bonds is 3. The Kier molecular flexibility index (Phi) is 4.63. The van der Waals surface area contributed by atoms with E-state index < -0.39 is 0 Å². The maximum atomic E-state index is 12.6. The fourth-order valence-corrected chi connectivity index (χ4v) is 3.12. The number of carbonyl (C=O) groups excluding carboxylic acids is 1. The number of hydrogen-bond donors (Lipinski definition) is 1. The van der Waals surface area contributed by atoms with E-state index in [0.717, 1.165) is 35.0 Å². The molecule has 0 spiro atoms. The van der Waals surface area contributed by atoms with Crippen molar-refractivity contribution in [3.8, 4) is 0 Å². The second-order valence-electron chi connectivity index (χ2n) is 5.36. The average Bonchev–Trinajstić information content (AvgIpc) is 2.78. The normalized spacial score (nSPS) is 20.6. The molecular weight excluding hydrogens is 306 g/mol. The van der Waals surface area contributed by atoms with Gasteiger partial charge in [0.15, 0.2) is 0 Å². The first-order chi connectivity index (χ1) is 8.99. The van der Waals surface area contributed by atoms with E-state index >= 15 is 0 Å². The highest BCUT2D eigenvalue weighted by Gasteiger charge is 2.30. The van der Waals surface area contributed by atoms with Gasteiger partial charge in [-0.15, -0.1) is 0 Å². The zero-order valence-electron chi connectivity index (χ0n) is 11.4.